The Kier molecular flexibility index (Phi) is 5.77. The molecule has 4 heteroatoms. The summed E-state index contributed by atoms with van der Waals surface area (Å²) in [5, 5.41) is 5.37. The SMILES string of the molecule is CCOc1ccc(NC(=O)N/C=C/C(C)C)cc1. The zero-order valence-corrected chi connectivity index (χ0v) is 11.1. The van der Waals surface area contributed by atoms with E-state index in [1.807, 2.05) is 39.0 Å². The van der Waals surface area contributed by atoms with Gasteiger partial charge in [-0.15, -0.1) is 0 Å². The molecule has 1 rings (SSSR count). The fraction of sp³-hybridized carbons (Fsp3) is 0.357. The van der Waals surface area contributed by atoms with E-state index < -0.39 is 0 Å². The van der Waals surface area contributed by atoms with Crippen LogP contribution in [-0.4, -0.2) is 12.6 Å². The van der Waals surface area contributed by atoms with Crippen LogP contribution in [0.3, 0.4) is 0 Å². The summed E-state index contributed by atoms with van der Waals surface area (Å²) in [6, 6.07) is 7.00. The monoisotopic (exact) mass is 248 g/mol. The summed E-state index contributed by atoms with van der Waals surface area (Å²) in [7, 11) is 0. The van der Waals surface area contributed by atoms with Gasteiger partial charge in [-0.25, -0.2) is 4.79 Å². The summed E-state index contributed by atoms with van der Waals surface area (Å²) in [6.07, 6.45) is 3.56. The number of amides is 2. The lowest BCUT2D eigenvalue weighted by Crippen LogP contribution is -2.23. The molecular weight excluding hydrogens is 228 g/mol. The van der Waals surface area contributed by atoms with Crippen LogP contribution in [0.5, 0.6) is 5.75 Å². The van der Waals surface area contributed by atoms with Crippen LogP contribution < -0.4 is 15.4 Å². The minimum atomic E-state index is -0.254. The van der Waals surface area contributed by atoms with E-state index in [1.165, 1.54) is 0 Å². The van der Waals surface area contributed by atoms with Crippen molar-refractivity contribution in [3.8, 4) is 5.75 Å². The molecule has 0 saturated carbocycles. The Hall–Kier alpha value is -1.97. The van der Waals surface area contributed by atoms with Gasteiger partial charge >= 0.3 is 6.03 Å². The number of rotatable bonds is 5. The Morgan fingerprint density at radius 3 is 2.56 bits per heavy atom. The molecule has 2 N–H and O–H groups in total. The summed E-state index contributed by atoms with van der Waals surface area (Å²) in [4.78, 5) is 11.5. The van der Waals surface area contributed by atoms with Gasteiger partial charge in [-0.3, -0.25) is 0 Å². The molecule has 0 unspecified atom stereocenters. The standard InChI is InChI=1S/C14H20N2O2/c1-4-18-13-7-5-12(6-8-13)16-14(17)15-10-9-11(2)3/h5-11H,4H2,1-3H3,(H2,15,16,17)/b10-9+. The number of allylic oxidation sites excluding steroid dienone is 1. The molecule has 0 radical (unpaired) electrons. The Balaban J connectivity index is 2.44. The third-order valence-corrected chi connectivity index (χ3v) is 2.12. The lowest BCUT2D eigenvalue weighted by molar-refractivity contribution is 0.255. The Morgan fingerprint density at radius 2 is 2.00 bits per heavy atom. The normalized spacial score (nSPS) is 10.7. The predicted octanol–water partition coefficient (Wildman–Crippen LogP) is 3.38. The summed E-state index contributed by atoms with van der Waals surface area (Å²) in [5.41, 5.74) is 0.730. The van der Waals surface area contributed by atoms with Crippen LogP contribution in [0.15, 0.2) is 36.5 Å². The Labute approximate surface area is 108 Å². The number of ether oxygens (including phenoxy) is 1. The van der Waals surface area contributed by atoms with Gasteiger partial charge in [0.05, 0.1) is 6.61 Å². The number of carbonyl (C=O) groups is 1. The first-order valence-corrected chi connectivity index (χ1v) is 6.09. The molecule has 0 atom stereocenters. The minimum absolute atomic E-state index is 0.254. The van der Waals surface area contributed by atoms with E-state index in [9.17, 15) is 4.79 Å². The molecule has 1 aromatic rings. The Morgan fingerprint density at radius 1 is 1.33 bits per heavy atom. The van der Waals surface area contributed by atoms with Gasteiger partial charge in [-0.05, 0) is 37.1 Å². The summed E-state index contributed by atoms with van der Waals surface area (Å²) in [5.74, 6) is 1.21. The quantitative estimate of drug-likeness (QED) is 0.839. The first-order valence-electron chi connectivity index (χ1n) is 6.09. The topological polar surface area (TPSA) is 50.4 Å². The highest BCUT2D eigenvalue weighted by Gasteiger charge is 1.99. The van der Waals surface area contributed by atoms with Crippen molar-refractivity contribution < 1.29 is 9.53 Å². The predicted molar refractivity (Wildman–Crippen MR) is 73.7 cm³/mol. The van der Waals surface area contributed by atoms with E-state index in [1.54, 1.807) is 18.3 Å². The van der Waals surface area contributed by atoms with Crippen LogP contribution in [0.25, 0.3) is 0 Å². The van der Waals surface area contributed by atoms with Gasteiger partial charge in [-0.1, -0.05) is 19.9 Å². The molecule has 0 aliphatic carbocycles. The lowest BCUT2D eigenvalue weighted by Gasteiger charge is -2.06. The first-order chi connectivity index (χ1) is 8.61. The van der Waals surface area contributed by atoms with Crippen LogP contribution in [0.2, 0.25) is 0 Å². The average Bonchev–Trinajstić information content (AvgIpc) is 2.31. The van der Waals surface area contributed by atoms with Gasteiger partial charge in [0.15, 0.2) is 0 Å². The average molecular weight is 248 g/mol. The molecule has 0 bridgehead atoms. The van der Waals surface area contributed by atoms with E-state index >= 15 is 0 Å². The molecule has 98 valence electrons. The van der Waals surface area contributed by atoms with Crippen LogP contribution in [0.1, 0.15) is 20.8 Å². The molecule has 2 amide bonds. The molecule has 4 nitrogen and oxygen atoms in total. The van der Waals surface area contributed by atoms with Crippen LogP contribution in [0.4, 0.5) is 10.5 Å². The van der Waals surface area contributed by atoms with Crippen molar-refractivity contribution in [3.63, 3.8) is 0 Å². The maximum atomic E-state index is 11.5. The van der Waals surface area contributed by atoms with Crippen molar-refractivity contribution in [3.05, 3.63) is 36.5 Å². The second kappa shape index (κ2) is 7.37. The number of hydrogen-bond donors (Lipinski definition) is 2. The summed E-state index contributed by atoms with van der Waals surface area (Å²) in [6.45, 7) is 6.65. The molecule has 0 aliphatic rings. The van der Waals surface area contributed by atoms with Crippen molar-refractivity contribution in [1.82, 2.24) is 5.32 Å². The van der Waals surface area contributed by atoms with Crippen LogP contribution >= 0.6 is 0 Å². The van der Waals surface area contributed by atoms with E-state index in [0.717, 1.165) is 11.4 Å². The van der Waals surface area contributed by atoms with Gasteiger partial charge in [0.25, 0.3) is 0 Å². The molecular formula is C14H20N2O2. The van der Waals surface area contributed by atoms with E-state index in [0.29, 0.717) is 12.5 Å². The van der Waals surface area contributed by atoms with Crippen LogP contribution in [0, 0.1) is 5.92 Å². The van der Waals surface area contributed by atoms with Gasteiger partial charge < -0.3 is 15.4 Å². The van der Waals surface area contributed by atoms with Gasteiger partial charge in [-0.2, -0.15) is 0 Å². The molecule has 0 aromatic heterocycles. The maximum Gasteiger partial charge on any atom is 0.323 e. The maximum absolute atomic E-state index is 11.5. The van der Waals surface area contributed by atoms with Crippen molar-refractivity contribution in [2.45, 2.75) is 20.8 Å². The van der Waals surface area contributed by atoms with Crippen molar-refractivity contribution in [1.29, 1.82) is 0 Å². The summed E-state index contributed by atoms with van der Waals surface area (Å²) >= 11 is 0. The van der Waals surface area contributed by atoms with Crippen molar-refractivity contribution >= 4 is 11.7 Å². The fourth-order valence-corrected chi connectivity index (χ4v) is 1.28. The fourth-order valence-electron chi connectivity index (χ4n) is 1.28. The first kappa shape index (κ1) is 14.1. The molecule has 0 aliphatic heterocycles. The minimum Gasteiger partial charge on any atom is -0.494 e. The van der Waals surface area contributed by atoms with Crippen molar-refractivity contribution in [2.24, 2.45) is 5.92 Å². The molecule has 0 spiro atoms. The highest BCUT2D eigenvalue weighted by Crippen LogP contribution is 2.15. The number of nitrogens with one attached hydrogen (secondary N) is 2. The van der Waals surface area contributed by atoms with E-state index in [-0.39, 0.29) is 6.03 Å². The van der Waals surface area contributed by atoms with E-state index in [2.05, 4.69) is 10.6 Å². The third kappa shape index (κ3) is 5.39. The van der Waals surface area contributed by atoms with Gasteiger partial charge in [0.1, 0.15) is 5.75 Å². The second-order valence-corrected chi connectivity index (χ2v) is 4.16. The van der Waals surface area contributed by atoms with Gasteiger partial charge in [0.2, 0.25) is 0 Å². The third-order valence-electron chi connectivity index (χ3n) is 2.12. The van der Waals surface area contributed by atoms with Crippen molar-refractivity contribution in [2.75, 3.05) is 11.9 Å². The molecule has 0 fully saturated rings. The number of carbonyl (C=O) groups excluding carboxylic acids is 1. The van der Waals surface area contributed by atoms with Gasteiger partial charge in [0, 0.05) is 11.9 Å². The zero-order chi connectivity index (χ0) is 13.4. The molecule has 0 saturated heterocycles. The smallest absolute Gasteiger partial charge is 0.323 e. The number of urea groups is 1. The Bertz CT molecular complexity index is 397. The number of anilines is 1. The molecule has 18 heavy (non-hydrogen) atoms. The highest BCUT2D eigenvalue weighted by atomic mass is 16.5. The van der Waals surface area contributed by atoms with Crippen LogP contribution in [-0.2, 0) is 0 Å². The number of hydrogen-bond acceptors (Lipinski definition) is 2. The van der Waals surface area contributed by atoms with E-state index in [4.69, 9.17) is 4.74 Å². The molecule has 0 heterocycles. The zero-order valence-electron chi connectivity index (χ0n) is 11.1. The highest BCUT2D eigenvalue weighted by molar-refractivity contribution is 5.89. The second-order valence-electron chi connectivity index (χ2n) is 4.16. The molecule has 1 aromatic carbocycles. The summed E-state index contributed by atoms with van der Waals surface area (Å²) < 4.78 is 5.32. The number of benzene rings is 1. The largest absolute Gasteiger partial charge is 0.494 e. The lowest BCUT2D eigenvalue weighted by atomic mass is 10.2.